The van der Waals surface area contributed by atoms with Gasteiger partial charge in [0.05, 0.1) is 5.69 Å². The van der Waals surface area contributed by atoms with E-state index >= 15 is 0 Å². The van der Waals surface area contributed by atoms with Gasteiger partial charge in [-0.3, -0.25) is 4.79 Å². The van der Waals surface area contributed by atoms with Gasteiger partial charge in [-0.1, -0.05) is 54.6 Å². The van der Waals surface area contributed by atoms with Gasteiger partial charge < -0.3 is 15.4 Å². The molecule has 7 nitrogen and oxygen atoms in total. The molecule has 0 spiro atoms. The van der Waals surface area contributed by atoms with Crippen molar-refractivity contribution in [2.24, 2.45) is 0 Å². The van der Waals surface area contributed by atoms with Gasteiger partial charge in [0.2, 0.25) is 10.0 Å². The van der Waals surface area contributed by atoms with E-state index in [-0.39, 0.29) is 29.8 Å². The third kappa shape index (κ3) is 5.47. The van der Waals surface area contributed by atoms with Crippen molar-refractivity contribution in [3.05, 3.63) is 120 Å². The summed E-state index contributed by atoms with van der Waals surface area (Å²) in [7, 11) is -3.78. The zero-order chi connectivity index (χ0) is 25.8. The highest BCUT2D eigenvalue weighted by molar-refractivity contribution is 7.89. The predicted molar refractivity (Wildman–Crippen MR) is 139 cm³/mol. The predicted octanol–water partition coefficient (Wildman–Crippen LogP) is 5.16. The normalized spacial score (nSPS) is 16.3. The molecule has 5 rings (SSSR count). The first-order chi connectivity index (χ1) is 17.9. The SMILES string of the molecule is O=C(COc1ccc([C@@H]2Nc3ccccc3S(=O)(=O)N2Cc2ccccc2)cc1)Nc1ccc(F)cc1. The van der Waals surface area contributed by atoms with E-state index in [0.29, 0.717) is 17.1 Å². The van der Waals surface area contributed by atoms with E-state index in [4.69, 9.17) is 4.74 Å². The molecule has 1 aliphatic heterocycles. The highest BCUT2D eigenvalue weighted by Gasteiger charge is 2.38. The Labute approximate surface area is 214 Å². The zero-order valence-corrected chi connectivity index (χ0v) is 20.5. The maximum Gasteiger partial charge on any atom is 0.262 e. The number of nitrogens with one attached hydrogen (secondary N) is 2. The molecular weight excluding hydrogens is 493 g/mol. The number of benzene rings is 4. The van der Waals surface area contributed by atoms with Crippen molar-refractivity contribution < 1.29 is 22.3 Å². The summed E-state index contributed by atoms with van der Waals surface area (Å²) in [6.45, 7) is -0.0444. The number of halogens is 1. The summed E-state index contributed by atoms with van der Waals surface area (Å²) in [6.07, 6.45) is -0.643. The molecule has 37 heavy (non-hydrogen) atoms. The first-order valence-corrected chi connectivity index (χ1v) is 13.0. The van der Waals surface area contributed by atoms with E-state index in [1.54, 1.807) is 48.5 Å². The second kappa shape index (κ2) is 10.4. The van der Waals surface area contributed by atoms with Gasteiger partial charge in [-0.2, -0.15) is 4.31 Å². The van der Waals surface area contributed by atoms with Gasteiger partial charge >= 0.3 is 0 Å². The Hall–Kier alpha value is -4.21. The van der Waals surface area contributed by atoms with E-state index in [9.17, 15) is 17.6 Å². The summed E-state index contributed by atoms with van der Waals surface area (Å²) in [5.41, 5.74) is 2.59. The van der Waals surface area contributed by atoms with Crippen molar-refractivity contribution in [3.8, 4) is 5.75 Å². The zero-order valence-electron chi connectivity index (χ0n) is 19.7. The van der Waals surface area contributed by atoms with Gasteiger partial charge in [-0.15, -0.1) is 0 Å². The monoisotopic (exact) mass is 517 g/mol. The smallest absolute Gasteiger partial charge is 0.262 e. The molecule has 4 aromatic carbocycles. The molecule has 0 saturated carbocycles. The average molecular weight is 518 g/mol. The highest BCUT2D eigenvalue weighted by Crippen LogP contribution is 2.39. The Morgan fingerprint density at radius 1 is 0.892 bits per heavy atom. The van der Waals surface area contributed by atoms with Crippen LogP contribution < -0.4 is 15.4 Å². The Morgan fingerprint density at radius 2 is 1.57 bits per heavy atom. The van der Waals surface area contributed by atoms with Gasteiger partial charge in [0.1, 0.15) is 22.6 Å². The molecule has 0 saturated heterocycles. The number of hydrogen-bond acceptors (Lipinski definition) is 5. The van der Waals surface area contributed by atoms with Crippen LogP contribution in [0.3, 0.4) is 0 Å². The minimum absolute atomic E-state index is 0.191. The standard InChI is InChI=1S/C28H24FN3O4S/c29-22-12-14-23(15-13-22)30-27(33)19-36-24-16-10-21(11-17-24)28-31-25-8-4-5-9-26(25)37(34,35)32(28)18-20-6-2-1-3-7-20/h1-17,28,31H,18-19H2,(H,30,33)/t28-/m1/s1. The number of nitrogens with zero attached hydrogens (tertiary/aromatic N) is 1. The lowest BCUT2D eigenvalue weighted by Crippen LogP contribution is -2.42. The van der Waals surface area contributed by atoms with Crippen LogP contribution in [-0.2, 0) is 21.4 Å². The molecule has 1 amide bonds. The van der Waals surface area contributed by atoms with Crippen molar-refractivity contribution in [1.29, 1.82) is 0 Å². The van der Waals surface area contributed by atoms with Crippen LogP contribution >= 0.6 is 0 Å². The molecule has 2 N–H and O–H groups in total. The minimum Gasteiger partial charge on any atom is -0.484 e. The van der Waals surface area contributed by atoms with Gasteiger partial charge in [-0.25, -0.2) is 12.8 Å². The number of hydrogen-bond donors (Lipinski definition) is 2. The van der Waals surface area contributed by atoms with Crippen LogP contribution in [0.25, 0.3) is 0 Å². The van der Waals surface area contributed by atoms with Crippen LogP contribution in [0.4, 0.5) is 15.8 Å². The molecule has 0 unspecified atom stereocenters. The number of rotatable bonds is 7. The van der Waals surface area contributed by atoms with Crippen LogP contribution in [0.2, 0.25) is 0 Å². The molecule has 1 atom stereocenters. The van der Waals surface area contributed by atoms with E-state index < -0.39 is 16.2 Å². The van der Waals surface area contributed by atoms with E-state index in [0.717, 1.165) is 11.1 Å². The molecule has 0 fully saturated rings. The number of anilines is 2. The maximum atomic E-state index is 13.6. The molecule has 0 radical (unpaired) electrons. The van der Waals surface area contributed by atoms with Gasteiger partial charge in [0.25, 0.3) is 5.91 Å². The molecule has 1 aliphatic rings. The second-order valence-electron chi connectivity index (χ2n) is 8.49. The van der Waals surface area contributed by atoms with Crippen LogP contribution in [0.15, 0.2) is 108 Å². The molecule has 188 valence electrons. The van der Waals surface area contributed by atoms with Crippen molar-refractivity contribution >= 4 is 27.3 Å². The molecule has 0 aromatic heterocycles. The van der Waals surface area contributed by atoms with Crippen LogP contribution in [-0.4, -0.2) is 25.2 Å². The Morgan fingerprint density at radius 3 is 2.30 bits per heavy atom. The summed E-state index contributed by atoms with van der Waals surface area (Å²) >= 11 is 0. The van der Waals surface area contributed by atoms with Crippen molar-refractivity contribution in [2.45, 2.75) is 17.6 Å². The minimum atomic E-state index is -3.78. The molecule has 4 aromatic rings. The number of para-hydroxylation sites is 1. The lowest BCUT2D eigenvalue weighted by Gasteiger charge is -2.37. The van der Waals surface area contributed by atoms with Gasteiger partial charge in [0.15, 0.2) is 6.61 Å². The number of amides is 1. The quantitative estimate of drug-likeness (QED) is 0.354. The fourth-order valence-corrected chi connectivity index (χ4v) is 5.79. The summed E-state index contributed by atoms with van der Waals surface area (Å²) < 4.78 is 47.3. The van der Waals surface area contributed by atoms with Crippen molar-refractivity contribution in [3.63, 3.8) is 0 Å². The third-order valence-corrected chi connectivity index (χ3v) is 7.80. The first-order valence-electron chi connectivity index (χ1n) is 11.6. The molecule has 9 heteroatoms. The lowest BCUT2D eigenvalue weighted by atomic mass is 10.1. The topological polar surface area (TPSA) is 87.7 Å². The Balaban J connectivity index is 1.33. The second-order valence-corrected chi connectivity index (χ2v) is 10.4. The fraction of sp³-hybridized carbons (Fsp3) is 0.107. The van der Waals surface area contributed by atoms with Gasteiger partial charge in [-0.05, 0) is 59.7 Å². The number of fused-ring (bicyclic) bond motifs is 1. The Bertz CT molecular complexity index is 1490. The van der Waals surface area contributed by atoms with E-state index in [2.05, 4.69) is 10.6 Å². The highest BCUT2D eigenvalue weighted by atomic mass is 32.2. The molecular formula is C28H24FN3O4S. The maximum absolute atomic E-state index is 13.6. The summed E-state index contributed by atoms with van der Waals surface area (Å²) in [5.74, 6) is -0.325. The summed E-state index contributed by atoms with van der Waals surface area (Å²) in [5, 5.41) is 5.99. The van der Waals surface area contributed by atoms with E-state index in [1.807, 2.05) is 30.3 Å². The van der Waals surface area contributed by atoms with E-state index in [1.165, 1.54) is 28.6 Å². The number of carbonyl (C=O) groups excluding carboxylic acids is 1. The number of carbonyl (C=O) groups is 1. The third-order valence-electron chi connectivity index (χ3n) is 5.93. The Kier molecular flexibility index (Phi) is 6.89. The largest absolute Gasteiger partial charge is 0.484 e. The summed E-state index contributed by atoms with van der Waals surface area (Å²) in [4.78, 5) is 12.4. The van der Waals surface area contributed by atoms with Crippen LogP contribution in [0.5, 0.6) is 5.75 Å². The fourth-order valence-electron chi connectivity index (χ4n) is 4.11. The molecule has 0 bridgehead atoms. The van der Waals surface area contributed by atoms with Crippen LogP contribution in [0, 0.1) is 5.82 Å². The van der Waals surface area contributed by atoms with Crippen molar-refractivity contribution in [1.82, 2.24) is 4.31 Å². The number of sulfonamides is 1. The molecule has 0 aliphatic carbocycles. The van der Waals surface area contributed by atoms with Crippen molar-refractivity contribution in [2.75, 3.05) is 17.2 Å². The summed E-state index contributed by atoms with van der Waals surface area (Å²) in [6, 6.07) is 28.6. The average Bonchev–Trinajstić information content (AvgIpc) is 2.91. The molecule has 1 heterocycles. The van der Waals surface area contributed by atoms with Gasteiger partial charge in [0, 0.05) is 12.2 Å². The number of ether oxygens (including phenoxy) is 1. The lowest BCUT2D eigenvalue weighted by molar-refractivity contribution is -0.118. The van der Waals surface area contributed by atoms with Crippen LogP contribution in [0.1, 0.15) is 17.3 Å². The first kappa shape index (κ1) is 24.5.